The molecule has 172 valence electrons. The van der Waals surface area contributed by atoms with Crippen LogP contribution in [0.2, 0.25) is 0 Å². The zero-order valence-corrected chi connectivity index (χ0v) is 19.2. The van der Waals surface area contributed by atoms with E-state index in [0.717, 1.165) is 36.0 Å². The Morgan fingerprint density at radius 3 is 2.38 bits per heavy atom. The van der Waals surface area contributed by atoms with Crippen LogP contribution in [0.4, 0.5) is 5.69 Å². The van der Waals surface area contributed by atoms with Crippen molar-refractivity contribution < 1.29 is 18.3 Å². The topological polar surface area (TPSA) is 111 Å². The molecule has 0 aliphatic carbocycles. The van der Waals surface area contributed by atoms with Crippen molar-refractivity contribution in [2.45, 2.75) is 56.5 Å². The van der Waals surface area contributed by atoms with E-state index >= 15 is 0 Å². The van der Waals surface area contributed by atoms with Gasteiger partial charge in [-0.15, -0.1) is 0 Å². The highest BCUT2D eigenvalue weighted by atomic mass is 32.2. The van der Waals surface area contributed by atoms with Crippen LogP contribution in [0, 0.1) is 13.8 Å². The van der Waals surface area contributed by atoms with E-state index in [-0.39, 0.29) is 22.6 Å². The summed E-state index contributed by atoms with van der Waals surface area (Å²) in [5, 5.41) is 13.1. The number of benzene rings is 2. The molecule has 4 rings (SSSR count). The number of rotatable bonds is 5. The van der Waals surface area contributed by atoms with E-state index in [4.69, 9.17) is 0 Å². The normalized spacial score (nSPS) is 22.1. The number of hydrogen-bond donors (Lipinski definition) is 4. The first-order valence-corrected chi connectivity index (χ1v) is 12.4. The number of hydrogen-bond acceptors (Lipinski definition) is 6. The van der Waals surface area contributed by atoms with Crippen molar-refractivity contribution in [3.63, 3.8) is 0 Å². The SMILES string of the molecule is Cc1cc(O)c(C2CC(C(=O)Nc3ccc(S(=O)(=O)N4CCCCC4)cc3)NN2)cc1C. The summed E-state index contributed by atoms with van der Waals surface area (Å²) in [6.07, 6.45) is 3.31. The molecule has 2 heterocycles. The van der Waals surface area contributed by atoms with Gasteiger partial charge < -0.3 is 10.4 Å². The molecule has 0 radical (unpaired) electrons. The summed E-state index contributed by atoms with van der Waals surface area (Å²) in [7, 11) is -3.50. The Balaban J connectivity index is 1.39. The molecule has 2 aromatic rings. The number of sulfonamides is 1. The fourth-order valence-electron chi connectivity index (χ4n) is 4.23. The summed E-state index contributed by atoms with van der Waals surface area (Å²) in [6, 6.07) is 9.30. The molecule has 2 aromatic carbocycles. The number of carbonyl (C=O) groups excluding carboxylic acids is 1. The van der Waals surface area contributed by atoms with Gasteiger partial charge in [-0.3, -0.25) is 4.79 Å². The molecule has 1 amide bonds. The molecule has 2 fully saturated rings. The summed E-state index contributed by atoms with van der Waals surface area (Å²) in [5.74, 6) is -0.0195. The van der Waals surface area contributed by atoms with Crippen LogP contribution in [-0.4, -0.2) is 42.9 Å². The smallest absolute Gasteiger partial charge is 0.243 e. The lowest BCUT2D eigenvalue weighted by atomic mass is 9.97. The Morgan fingerprint density at radius 1 is 1.03 bits per heavy atom. The third-order valence-electron chi connectivity index (χ3n) is 6.31. The van der Waals surface area contributed by atoms with Crippen LogP contribution in [0.25, 0.3) is 0 Å². The first-order valence-electron chi connectivity index (χ1n) is 11.0. The summed E-state index contributed by atoms with van der Waals surface area (Å²) >= 11 is 0. The van der Waals surface area contributed by atoms with Gasteiger partial charge >= 0.3 is 0 Å². The summed E-state index contributed by atoms with van der Waals surface area (Å²) < 4.78 is 27.1. The number of anilines is 1. The number of aromatic hydroxyl groups is 1. The lowest BCUT2D eigenvalue weighted by Crippen LogP contribution is -2.39. The molecule has 2 aliphatic heterocycles. The molecule has 32 heavy (non-hydrogen) atoms. The van der Waals surface area contributed by atoms with E-state index in [2.05, 4.69) is 16.2 Å². The number of aryl methyl sites for hydroxylation is 2. The highest BCUT2D eigenvalue weighted by molar-refractivity contribution is 7.89. The Labute approximate surface area is 189 Å². The zero-order valence-electron chi connectivity index (χ0n) is 18.4. The first kappa shape index (κ1) is 22.7. The van der Waals surface area contributed by atoms with E-state index in [1.807, 2.05) is 19.9 Å². The number of nitrogens with one attached hydrogen (secondary N) is 3. The van der Waals surface area contributed by atoms with Crippen LogP contribution in [-0.2, 0) is 14.8 Å². The van der Waals surface area contributed by atoms with Crippen molar-refractivity contribution in [2.75, 3.05) is 18.4 Å². The molecule has 0 spiro atoms. The maximum atomic E-state index is 12.8. The van der Waals surface area contributed by atoms with Gasteiger partial charge in [-0.1, -0.05) is 12.5 Å². The average molecular weight is 459 g/mol. The molecule has 4 N–H and O–H groups in total. The van der Waals surface area contributed by atoms with Crippen molar-refractivity contribution in [2.24, 2.45) is 0 Å². The number of piperidine rings is 1. The molecule has 2 atom stereocenters. The fourth-order valence-corrected chi connectivity index (χ4v) is 5.75. The third kappa shape index (κ3) is 4.66. The quantitative estimate of drug-likeness (QED) is 0.548. The first-order chi connectivity index (χ1) is 15.3. The second kappa shape index (κ2) is 9.19. The van der Waals surface area contributed by atoms with E-state index in [9.17, 15) is 18.3 Å². The molecule has 2 unspecified atom stereocenters. The van der Waals surface area contributed by atoms with Crippen molar-refractivity contribution in [3.8, 4) is 5.75 Å². The van der Waals surface area contributed by atoms with Gasteiger partial charge in [0.1, 0.15) is 11.8 Å². The lowest BCUT2D eigenvalue weighted by Gasteiger charge is -2.25. The summed E-state index contributed by atoms with van der Waals surface area (Å²) in [5.41, 5.74) is 9.45. The van der Waals surface area contributed by atoms with E-state index in [1.165, 1.54) is 16.4 Å². The van der Waals surface area contributed by atoms with Gasteiger partial charge in [-0.25, -0.2) is 19.3 Å². The molecule has 0 saturated carbocycles. The minimum Gasteiger partial charge on any atom is -0.508 e. The van der Waals surface area contributed by atoms with Gasteiger partial charge in [-0.2, -0.15) is 4.31 Å². The van der Waals surface area contributed by atoms with Crippen molar-refractivity contribution in [3.05, 3.63) is 53.1 Å². The largest absolute Gasteiger partial charge is 0.508 e. The van der Waals surface area contributed by atoms with E-state index in [1.54, 1.807) is 18.2 Å². The van der Waals surface area contributed by atoms with Crippen molar-refractivity contribution >= 4 is 21.6 Å². The van der Waals surface area contributed by atoms with Crippen LogP contribution in [0.5, 0.6) is 5.75 Å². The van der Waals surface area contributed by atoms with Crippen molar-refractivity contribution in [1.82, 2.24) is 15.2 Å². The summed E-state index contributed by atoms with van der Waals surface area (Å²) in [6.45, 7) is 5.04. The van der Waals surface area contributed by atoms with Crippen molar-refractivity contribution in [1.29, 1.82) is 0 Å². The molecule has 8 nitrogen and oxygen atoms in total. The van der Waals surface area contributed by atoms with Gasteiger partial charge in [0.25, 0.3) is 0 Å². The third-order valence-corrected chi connectivity index (χ3v) is 8.23. The minimum atomic E-state index is -3.50. The zero-order chi connectivity index (χ0) is 22.9. The summed E-state index contributed by atoms with van der Waals surface area (Å²) in [4.78, 5) is 13.0. The van der Waals surface area contributed by atoms with Gasteiger partial charge in [-0.05, 0) is 74.6 Å². The van der Waals surface area contributed by atoms with Crippen LogP contribution >= 0.6 is 0 Å². The molecular formula is C23H30N4O4S. The predicted molar refractivity (Wildman–Crippen MR) is 123 cm³/mol. The van der Waals surface area contributed by atoms with Crippen LogP contribution in [0.15, 0.2) is 41.3 Å². The predicted octanol–water partition coefficient (Wildman–Crippen LogP) is 2.73. The average Bonchev–Trinajstić information content (AvgIpc) is 3.27. The molecule has 2 aliphatic rings. The standard InChI is InChI=1S/C23H30N4O4S/c1-15-12-19(22(28)13-16(15)2)20-14-21(26-25-20)23(29)24-17-6-8-18(9-7-17)32(30,31)27-10-4-3-5-11-27/h6-9,12-13,20-21,25-26,28H,3-5,10-11,14H2,1-2H3,(H,24,29). The number of phenols is 1. The van der Waals surface area contributed by atoms with E-state index < -0.39 is 16.1 Å². The maximum Gasteiger partial charge on any atom is 0.243 e. The number of hydrazine groups is 1. The molecule has 0 bridgehead atoms. The van der Waals surface area contributed by atoms with Gasteiger partial charge in [0.05, 0.1) is 10.9 Å². The second-order valence-electron chi connectivity index (χ2n) is 8.60. The number of amides is 1. The second-order valence-corrected chi connectivity index (χ2v) is 10.5. The monoisotopic (exact) mass is 458 g/mol. The molecule has 2 saturated heterocycles. The highest BCUT2D eigenvalue weighted by Crippen LogP contribution is 2.32. The Hall–Kier alpha value is -2.46. The Morgan fingerprint density at radius 2 is 1.69 bits per heavy atom. The molecular weight excluding hydrogens is 428 g/mol. The Bertz CT molecular complexity index is 1100. The van der Waals surface area contributed by atoms with Crippen LogP contribution in [0.1, 0.15) is 48.4 Å². The number of nitrogens with zero attached hydrogens (tertiary/aromatic N) is 1. The van der Waals surface area contributed by atoms with Gasteiger partial charge in [0, 0.05) is 24.3 Å². The van der Waals surface area contributed by atoms with E-state index in [0.29, 0.717) is 25.2 Å². The Kier molecular flexibility index (Phi) is 6.52. The van der Waals surface area contributed by atoms with Gasteiger partial charge in [0.15, 0.2) is 0 Å². The molecule has 0 aromatic heterocycles. The fraction of sp³-hybridized carbons (Fsp3) is 0.435. The van der Waals surface area contributed by atoms with Crippen LogP contribution < -0.4 is 16.2 Å². The highest BCUT2D eigenvalue weighted by Gasteiger charge is 2.32. The minimum absolute atomic E-state index is 0.192. The number of phenolic OH excluding ortho intramolecular Hbond substituents is 1. The molecule has 9 heteroatoms. The maximum absolute atomic E-state index is 12.8. The van der Waals surface area contributed by atoms with Crippen LogP contribution in [0.3, 0.4) is 0 Å². The number of carbonyl (C=O) groups is 1. The lowest BCUT2D eigenvalue weighted by molar-refractivity contribution is -0.117. The van der Waals surface area contributed by atoms with Gasteiger partial charge in [0.2, 0.25) is 15.9 Å².